The van der Waals surface area contributed by atoms with E-state index < -0.39 is 16.6 Å². The largest absolute Gasteiger partial charge is 0.488 e. The minimum atomic E-state index is -0.682. The van der Waals surface area contributed by atoms with Gasteiger partial charge in [0, 0.05) is 6.92 Å². The maximum atomic E-state index is 11.9. The average molecular weight is 371 g/mol. The van der Waals surface area contributed by atoms with Crippen LogP contribution in [0.3, 0.4) is 0 Å². The van der Waals surface area contributed by atoms with Gasteiger partial charge in [0.15, 0.2) is 5.75 Å². The SMILES string of the molecule is COc1c(OC(C)=O)ccc(/C=N/NC(=O)Cc2ccccc2)c1[N+](=O)[O-]. The van der Waals surface area contributed by atoms with Crippen molar-refractivity contribution in [3.05, 3.63) is 63.7 Å². The van der Waals surface area contributed by atoms with E-state index in [-0.39, 0.29) is 29.4 Å². The topological polar surface area (TPSA) is 120 Å². The van der Waals surface area contributed by atoms with E-state index in [9.17, 15) is 19.7 Å². The van der Waals surface area contributed by atoms with Crippen LogP contribution >= 0.6 is 0 Å². The Labute approximate surface area is 154 Å². The summed E-state index contributed by atoms with van der Waals surface area (Å²) in [6, 6.07) is 11.7. The number of nitrogens with zero attached hydrogens (tertiary/aromatic N) is 2. The first-order chi connectivity index (χ1) is 12.9. The number of nitro benzene ring substituents is 1. The second-order valence-electron chi connectivity index (χ2n) is 5.34. The summed E-state index contributed by atoms with van der Waals surface area (Å²) in [5.74, 6) is -1.31. The monoisotopic (exact) mass is 371 g/mol. The lowest BCUT2D eigenvalue weighted by atomic mass is 10.1. The van der Waals surface area contributed by atoms with Crippen LogP contribution in [0.2, 0.25) is 0 Å². The Bertz CT molecular complexity index is 880. The van der Waals surface area contributed by atoms with Crippen molar-refractivity contribution in [1.29, 1.82) is 0 Å². The van der Waals surface area contributed by atoms with Gasteiger partial charge in [0.2, 0.25) is 11.7 Å². The molecule has 0 saturated carbocycles. The summed E-state index contributed by atoms with van der Waals surface area (Å²) in [5, 5.41) is 15.2. The number of hydrogen-bond donors (Lipinski definition) is 1. The molecule has 0 fully saturated rings. The normalized spacial score (nSPS) is 10.4. The predicted octanol–water partition coefficient (Wildman–Crippen LogP) is 2.22. The average Bonchev–Trinajstić information content (AvgIpc) is 2.62. The van der Waals surface area contributed by atoms with E-state index in [0.717, 1.165) is 11.8 Å². The Kier molecular flexibility index (Phi) is 6.59. The summed E-state index contributed by atoms with van der Waals surface area (Å²) in [5.41, 5.74) is 2.76. The van der Waals surface area contributed by atoms with Gasteiger partial charge >= 0.3 is 11.7 Å². The molecule has 0 atom stereocenters. The van der Waals surface area contributed by atoms with Crippen molar-refractivity contribution < 1.29 is 24.0 Å². The fourth-order valence-electron chi connectivity index (χ4n) is 2.29. The number of esters is 1. The van der Waals surface area contributed by atoms with Crippen LogP contribution in [0.4, 0.5) is 5.69 Å². The highest BCUT2D eigenvalue weighted by Gasteiger charge is 2.25. The molecule has 0 unspecified atom stereocenters. The highest BCUT2D eigenvalue weighted by Crippen LogP contribution is 2.39. The number of rotatable bonds is 7. The molecule has 140 valence electrons. The summed E-state index contributed by atoms with van der Waals surface area (Å²) in [6.07, 6.45) is 1.25. The molecule has 0 aliphatic rings. The van der Waals surface area contributed by atoms with E-state index in [1.165, 1.54) is 26.2 Å². The Morgan fingerprint density at radius 3 is 2.52 bits per heavy atom. The van der Waals surface area contributed by atoms with Gasteiger partial charge in [-0.25, -0.2) is 5.43 Å². The summed E-state index contributed by atoms with van der Waals surface area (Å²) < 4.78 is 9.93. The van der Waals surface area contributed by atoms with Crippen molar-refractivity contribution in [1.82, 2.24) is 5.43 Å². The number of nitrogens with one attached hydrogen (secondary N) is 1. The van der Waals surface area contributed by atoms with Gasteiger partial charge in [0.05, 0.1) is 30.2 Å². The molecule has 0 aliphatic heterocycles. The molecule has 0 spiro atoms. The molecule has 1 amide bonds. The van der Waals surface area contributed by atoms with Gasteiger partial charge in [-0.15, -0.1) is 0 Å². The lowest BCUT2D eigenvalue weighted by Crippen LogP contribution is -2.19. The van der Waals surface area contributed by atoms with Gasteiger partial charge in [0.1, 0.15) is 0 Å². The lowest BCUT2D eigenvalue weighted by molar-refractivity contribution is -0.385. The van der Waals surface area contributed by atoms with Gasteiger partial charge < -0.3 is 9.47 Å². The van der Waals surface area contributed by atoms with Crippen LogP contribution in [0.25, 0.3) is 0 Å². The zero-order valence-corrected chi connectivity index (χ0v) is 14.7. The fraction of sp³-hybridized carbons (Fsp3) is 0.167. The third kappa shape index (κ3) is 5.36. The molecule has 9 heteroatoms. The molecule has 0 saturated heterocycles. The molecule has 2 aromatic rings. The standard InChI is InChI=1S/C18H17N3O6/c1-12(22)27-15-9-8-14(17(21(24)25)18(15)26-2)11-19-20-16(23)10-13-6-4-3-5-7-13/h3-9,11H,10H2,1-2H3,(H,20,23)/b19-11+. The van der Waals surface area contributed by atoms with Crippen molar-refractivity contribution in [2.75, 3.05) is 7.11 Å². The minimum Gasteiger partial charge on any atom is -0.488 e. The second-order valence-corrected chi connectivity index (χ2v) is 5.34. The third-order valence-corrected chi connectivity index (χ3v) is 3.37. The molecule has 2 aromatic carbocycles. The van der Waals surface area contributed by atoms with Crippen LogP contribution in [0, 0.1) is 10.1 Å². The van der Waals surface area contributed by atoms with Gasteiger partial charge in [-0.1, -0.05) is 30.3 Å². The molecule has 0 heterocycles. The van der Waals surface area contributed by atoms with Gasteiger partial charge in [-0.3, -0.25) is 19.7 Å². The molecule has 27 heavy (non-hydrogen) atoms. The first-order valence-corrected chi connectivity index (χ1v) is 7.82. The van der Waals surface area contributed by atoms with Crippen LogP contribution in [-0.4, -0.2) is 30.1 Å². The van der Waals surface area contributed by atoms with Crippen molar-refractivity contribution in [3.8, 4) is 11.5 Å². The number of benzene rings is 2. The summed E-state index contributed by atoms with van der Waals surface area (Å²) in [4.78, 5) is 33.7. The van der Waals surface area contributed by atoms with E-state index in [0.29, 0.717) is 0 Å². The molecular weight excluding hydrogens is 354 g/mol. The van der Waals surface area contributed by atoms with Crippen molar-refractivity contribution in [2.24, 2.45) is 5.10 Å². The summed E-state index contributed by atoms with van der Waals surface area (Å²) in [6.45, 7) is 1.17. The van der Waals surface area contributed by atoms with E-state index in [2.05, 4.69) is 10.5 Å². The van der Waals surface area contributed by atoms with Crippen LogP contribution in [0.1, 0.15) is 18.1 Å². The predicted molar refractivity (Wildman–Crippen MR) is 96.8 cm³/mol. The summed E-state index contributed by atoms with van der Waals surface area (Å²) >= 11 is 0. The quantitative estimate of drug-likeness (QED) is 0.262. The van der Waals surface area contributed by atoms with Gasteiger partial charge in [-0.2, -0.15) is 5.10 Å². The molecule has 0 aromatic heterocycles. The first-order valence-electron chi connectivity index (χ1n) is 7.82. The molecule has 1 N–H and O–H groups in total. The molecule has 0 radical (unpaired) electrons. The van der Waals surface area contributed by atoms with Crippen LogP contribution in [0.5, 0.6) is 11.5 Å². The zero-order valence-electron chi connectivity index (χ0n) is 14.7. The van der Waals surface area contributed by atoms with E-state index in [1.807, 2.05) is 18.2 Å². The van der Waals surface area contributed by atoms with Gasteiger partial charge in [-0.05, 0) is 17.7 Å². The van der Waals surface area contributed by atoms with Crippen LogP contribution in [-0.2, 0) is 16.0 Å². The molecule has 0 aliphatic carbocycles. The number of nitro groups is 1. The zero-order chi connectivity index (χ0) is 19.8. The fourth-order valence-corrected chi connectivity index (χ4v) is 2.29. The van der Waals surface area contributed by atoms with Gasteiger partial charge in [0.25, 0.3) is 0 Å². The number of methoxy groups -OCH3 is 1. The smallest absolute Gasteiger partial charge is 0.323 e. The molecule has 0 bridgehead atoms. The number of carbonyl (C=O) groups excluding carboxylic acids is 2. The highest BCUT2D eigenvalue weighted by molar-refractivity contribution is 5.90. The highest BCUT2D eigenvalue weighted by atomic mass is 16.6. The molecule has 2 rings (SSSR count). The van der Waals surface area contributed by atoms with Crippen molar-refractivity contribution in [2.45, 2.75) is 13.3 Å². The number of amides is 1. The number of carbonyl (C=O) groups is 2. The Morgan fingerprint density at radius 2 is 1.93 bits per heavy atom. The second kappa shape index (κ2) is 9.09. The van der Waals surface area contributed by atoms with Crippen LogP contribution < -0.4 is 14.9 Å². The Balaban J connectivity index is 2.19. The lowest BCUT2D eigenvalue weighted by Gasteiger charge is -2.09. The maximum Gasteiger partial charge on any atom is 0.323 e. The van der Waals surface area contributed by atoms with Crippen molar-refractivity contribution >= 4 is 23.8 Å². The molecular formula is C18H17N3O6. The minimum absolute atomic E-state index is 0.0766. The van der Waals surface area contributed by atoms with E-state index in [1.54, 1.807) is 12.1 Å². The van der Waals surface area contributed by atoms with E-state index in [4.69, 9.17) is 9.47 Å². The number of hydrogen-bond acceptors (Lipinski definition) is 7. The van der Waals surface area contributed by atoms with E-state index >= 15 is 0 Å². The number of hydrazone groups is 1. The van der Waals surface area contributed by atoms with Crippen molar-refractivity contribution in [3.63, 3.8) is 0 Å². The molecule has 9 nitrogen and oxygen atoms in total. The number of ether oxygens (including phenoxy) is 2. The maximum absolute atomic E-state index is 11.9. The van der Waals surface area contributed by atoms with Crippen LogP contribution in [0.15, 0.2) is 47.6 Å². The first kappa shape index (κ1) is 19.6. The third-order valence-electron chi connectivity index (χ3n) is 3.37. The Hall–Kier alpha value is -3.75. The summed E-state index contributed by atoms with van der Waals surface area (Å²) in [7, 11) is 1.22. The Morgan fingerprint density at radius 1 is 1.22 bits per heavy atom.